The van der Waals surface area contributed by atoms with Crippen LogP contribution in [0, 0.1) is 24.2 Å². The minimum atomic E-state index is -0.625. The number of anilines is 1. The van der Waals surface area contributed by atoms with Crippen molar-refractivity contribution in [3.8, 4) is 17.6 Å². The van der Waals surface area contributed by atoms with Gasteiger partial charge in [-0.2, -0.15) is 5.26 Å². The van der Waals surface area contributed by atoms with Gasteiger partial charge in [0.15, 0.2) is 0 Å². The van der Waals surface area contributed by atoms with E-state index < -0.39 is 11.9 Å². The summed E-state index contributed by atoms with van der Waals surface area (Å²) >= 11 is 0. The first-order valence-corrected chi connectivity index (χ1v) is 19.9. The van der Waals surface area contributed by atoms with Crippen LogP contribution in [0.5, 0.6) is 11.5 Å². The van der Waals surface area contributed by atoms with Crippen LogP contribution in [0.1, 0.15) is 102 Å². The summed E-state index contributed by atoms with van der Waals surface area (Å²) in [5, 5.41) is 18.4. The van der Waals surface area contributed by atoms with Crippen LogP contribution in [0.4, 0.5) is 5.82 Å². The maximum Gasteiger partial charge on any atom is 0.271 e. The molecule has 56 heavy (non-hydrogen) atoms. The number of imide groups is 1. The lowest BCUT2D eigenvalue weighted by Crippen LogP contribution is -2.52. The largest absolute Gasteiger partial charge is 0.490 e. The summed E-state index contributed by atoms with van der Waals surface area (Å²) in [6.07, 6.45) is 11.2. The Labute approximate surface area is 326 Å². The second-order valence-corrected chi connectivity index (χ2v) is 15.9. The van der Waals surface area contributed by atoms with Crippen LogP contribution >= 0.6 is 0 Å². The van der Waals surface area contributed by atoms with Crippen molar-refractivity contribution in [2.75, 3.05) is 24.5 Å². The monoisotopic (exact) mass is 760 g/mol. The quantitative estimate of drug-likeness (QED) is 0.241. The normalized spacial score (nSPS) is 25.1. The van der Waals surface area contributed by atoms with Gasteiger partial charge < -0.3 is 29.9 Å². The molecule has 1 atom stereocenters. The predicted octanol–water partition coefficient (Wildman–Crippen LogP) is 3.95. The molecule has 2 saturated heterocycles. The van der Waals surface area contributed by atoms with Crippen LogP contribution < -0.4 is 30.3 Å². The molecule has 3 N–H and O–H groups in total. The first-order chi connectivity index (χ1) is 27.2. The molecule has 2 aromatic carbocycles. The molecule has 14 heteroatoms. The summed E-state index contributed by atoms with van der Waals surface area (Å²) in [6.45, 7) is 4.98. The fourth-order valence-electron chi connectivity index (χ4n) is 8.54. The molecule has 4 amide bonds. The van der Waals surface area contributed by atoms with Gasteiger partial charge in [0, 0.05) is 43.7 Å². The number of carbonyl (C=O) groups excluding carboxylic acids is 4. The lowest BCUT2D eigenvalue weighted by Gasteiger charge is -2.38. The van der Waals surface area contributed by atoms with Crippen molar-refractivity contribution in [3.05, 3.63) is 76.7 Å². The third kappa shape index (κ3) is 8.33. The lowest BCUT2D eigenvalue weighted by atomic mass is 9.88. The Morgan fingerprint density at radius 3 is 2.38 bits per heavy atom. The van der Waals surface area contributed by atoms with Gasteiger partial charge in [-0.1, -0.05) is 6.07 Å². The molecule has 292 valence electrons. The van der Waals surface area contributed by atoms with Gasteiger partial charge in [0.25, 0.3) is 11.8 Å². The zero-order valence-corrected chi connectivity index (χ0v) is 31.7. The van der Waals surface area contributed by atoms with Crippen molar-refractivity contribution in [2.24, 2.45) is 5.92 Å². The maximum absolute atomic E-state index is 13.2. The zero-order valence-electron chi connectivity index (χ0n) is 31.7. The number of fused-ring (bicyclic) bond motifs is 1. The maximum atomic E-state index is 13.2. The molecule has 2 saturated carbocycles. The van der Waals surface area contributed by atoms with E-state index in [1.54, 1.807) is 29.4 Å². The molecule has 0 radical (unpaired) electrons. The van der Waals surface area contributed by atoms with Gasteiger partial charge in [0.1, 0.15) is 35.2 Å². The Hall–Kier alpha value is -5.55. The van der Waals surface area contributed by atoms with Crippen LogP contribution in [-0.2, 0) is 16.1 Å². The van der Waals surface area contributed by atoms with Gasteiger partial charge in [-0.3, -0.25) is 24.5 Å². The number of amides is 4. The Balaban J connectivity index is 0.713. The van der Waals surface area contributed by atoms with E-state index in [1.807, 2.05) is 31.2 Å². The summed E-state index contributed by atoms with van der Waals surface area (Å²) in [4.78, 5) is 62.9. The van der Waals surface area contributed by atoms with Crippen LogP contribution in [-0.4, -0.2) is 88.5 Å². The molecule has 1 aromatic heterocycles. The molecule has 0 spiro atoms. The van der Waals surface area contributed by atoms with E-state index in [9.17, 15) is 19.2 Å². The minimum absolute atomic E-state index is 0.0656. The summed E-state index contributed by atoms with van der Waals surface area (Å²) in [6, 6.07) is 13.1. The Morgan fingerprint density at radius 1 is 0.911 bits per heavy atom. The molecule has 5 aliphatic rings. The fourth-order valence-corrected chi connectivity index (χ4v) is 8.54. The molecular weight excluding hydrogens is 713 g/mol. The Morgan fingerprint density at radius 2 is 1.66 bits per heavy atom. The van der Waals surface area contributed by atoms with E-state index in [-0.39, 0.29) is 42.4 Å². The molecule has 3 aromatic rings. The van der Waals surface area contributed by atoms with Crippen LogP contribution in [0.2, 0.25) is 0 Å². The van der Waals surface area contributed by atoms with Crippen molar-refractivity contribution >= 4 is 29.4 Å². The second kappa shape index (κ2) is 16.3. The third-order valence-electron chi connectivity index (χ3n) is 12.0. The number of hydrogen-bond donors (Lipinski definition) is 3. The van der Waals surface area contributed by atoms with Crippen LogP contribution in [0.15, 0.2) is 48.8 Å². The fraction of sp³-hybridized carbons (Fsp3) is 0.500. The van der Waals surface area contributed by atoms with Gasteiger partial charge >= 0.3 is 0 Å². The number of aryl methyl sites for hydroxylation is 1. The zero-order chi connectivity index (χ0) is 38.8. The van der Waals surface area contributed by atoms with Crippen LogP contribution in [0.25, 0.3) is 0 Å². The molecule has 4 heterocycles. The number of rotatable bonds is 11. The number of hydrogen-bond acceptors (Lipinski definition) is 11. The van der Waals surface area contributed by atoms with E-state index in [0.29, 0.717) is 47.5 Å². The van der Waals surface area contributed by atoms with Gasteiger partial charge in [-0.25, -0.2) is 9.97 Å². The predicted molar refractivity (Wildman–Crippen MR) is 205 cm³/mol. The summed E-state index contributed by atoms with van der Waals surface area (Å²) < 4.78 is 12.4. The molecule has 2 aliphatic carbocycles. The van der Waals surface area contributed by atoms with E-state index in [2.05, 4.69) is 36.9 Å². The highest BCUT2D eigenvalue weighted by atomic mass is 16.5. The van der Waals surface area contributed by atoms with Gasteiger partial charge in [0.05, 0.1) is 30.1 Å². The van der Waals surface area contributed by atoms with Crippen molar-refractivity contribution in [2.45, 2.75) is 108 Å². The minimum Gasteiger partial charge on any atom is -0.490 e. The smallest absolute Gasteiger partial charge is 0.271 e. The highest BCUT2D eigenvalue weighted by Gasteiger charge is 2.40. The number of piperidine rings is 2. The van der Waals surface area contributed by atoms with E-state index >= 15 is 0 Å². The number of ether oxygens (including phenoxy) is 2. The standard InChI is InChI=1S/C42H48N8O6/c1-25-16-32(6-2-27(25)20-43)55-31-8-4-29(5-9-31)47-40(52)36-22-46-38(23-45-36)49-14-12-26(13-15-49)21-44-30-17-34(18-30)56-33-7-3-28-24-50(42(54)35(28)19-33)37-10-11-39(51)48-41(37)53/h2-3,6-7,16,19,22-23,26,29-31,34,37,44H,4-5,8-15,17-18,21,24H2,1H3,(H,47,52)(H,48,51,53)/t29?,30?,31?,34?,37-/m1/s1. The van der Waals surface area contributed by atoms with Crippen molar-refractivity contribution in [1.29, 1.82) is 5.26 Å². The van der Waals surface area contributed by atoms with E-state index in [4.69, 9.17) is 14.7 Å². The number of nitrogens with zero attached hydrogens (tertiary/aromatic N) is 5. The topological polar surface area (TPSA) is 179 Å². The Kier molecular flexibility index (Phi) is 10.9. The molecular formula is C42H48N8O6. The summed E-state index contributed by atoms with van der Waals surface area (Å²) in [5.41, 5.74) is 3.31. The molecule has 4 fully saturated rings. The molecule has 0 unspecified atom stereocenters. The number of nitriles is 1. The number of nitrogens with one attached hydrogen (secondary N) is 3. The highest BCUT2D eigenvalue weighted by Crippen LogP contribution is 2.33. The number of aromatic nitrogens is 2. The lowest BCUT2D eigenvalue weighted by molar-refractivity contribution is -0.136. The van der Waals surface area contributed by atoms with Gasteiger partial charge in [-0.15, -0.1) is 0 Å². The van der Waals surface area contributed by atoms with E-state index in [0.717, 1.165) is 93.7 Å². The first-order valence-electron chi connectivity index (χ1n) is 19.9. The third-order valence-corrected chi connectivity index (χ3v) is 12.0. The SMILES string of the molecule is Cc1cc(OC2CCC(NC(=O)c3cnc(N4CCC(CNC5CC(Oc6ccc7c(c6)C(=O)N([C@@H]6CCC(=O)NC6=O)C7)C5)CC4)cn3)CC2)ccc1C#N. The van der Waals surface area contributed by atoms with Crippen molar-refractivity contribution in [1.82, 2.24) is 30.8 Å². The first kappa shape index (κ1) is 37.4. The molecule has 14 nitrogen and oxygen atoms in total. The summed E-state index contributed by atoms with van der Waals surface area (Å²) in [7, 11) is 0. The molecule has 0 bridgehead atoms. The van der Waals surface area contributed by atoms with Crippen molar-refractivity contribution in [3.63, 3.8) is 0 Å². The van der Waals surface area contributed by atoms with Gasteiger partial charge in [0.2, 0.25) is 11.8 Å². The van der Waals surface area contributed by atoms with E-state index in [1.165, 1.54) is 0 Å². The van der Waals surface area contributed by atoms with Crippen LogP contribution in [0.3, 0.4) is 0 Å². The molecule has 8 rings (SSSR count). The van der Waals surface area contributed by atoms with Gasteiger partial charge in [-0.05, 0) is 119 Å². The highest BCUT2D eigenvalue weighted by molar-refractivity contribution is 6.05. The average Bonchev–Trinajstić information content (AvgIpc) is 3.51. The summed E-state index contributed by atoms with van der Waals surface area (Å²) in [5.74, 6) is 1.69. The van der Waals surface area contributed by atoms with Crippen molar-refractivity contribution < 1.29 is 28.7 Å². The second-order valence-electron chi connectivity index (χ2n) is 15.9. The Bertz CT molecular complexity index is 2010. The average molecular weight is 761 g/mol. The number of benzene rings is 2. The molecule has 3 aliphatic heterocycles. The number of carbonyl (C=O) groups is 4.